The highest BCUT2D eigenvalue weighted by Gasteiger charge is 2.13. The number of carboxylic acids is 1. The molecule has 1 rings (SSSR count). The number of halogens is 1. The number of carboxylic acid groups (broad SMARTS) is 1. The van der Waals surface area contributed by atoms with E-state index in [0.717, 1.165) is 5.00 Å². The van der Waals surface area contributed by atoms with Crippen LogP contribution in [0.5, 0.6) is 0 Å². The maximum atomic E-state index is 10.7. The highest BCUT2D eigenvalue weighted by molar-refractivity contribution is 7.14. The van der Waals surface area contributed by atoms with Crippen LogP contribution in [-0.2, 0) is 9.59 Å². The fourth-order valence-electron chi connectivity index (χ4n) is 1.01. The molecule has 5 nitrogen and oxygen atoms in total. The van der Waals surface area contributed by atoms with Gasteiger partial charge in [0, 0.05) is 0 Å². The Morgan fingerprint density at radius 3 is 2.53 bits per heavy atom. The van der Waals surface area contributed by atoms with Gasteiger partial charge in [0.1, 0.15) is 6.54 Å². The van der Waals surface area contributed by atoms with E-state index in [1.165, 1.54) is 16.2 Å². The Hall–Kier alpha value is -1.27. The summed E-state index contributed by atoms with van der Waals surface area (Å²) in [7, 11) is 0. The smallest absolute Gasteiger partial charge is 0.323 e. The Bertz CT molecular complexity index is 313. The van der Waals surface area contributed by atoms with Gasteiger partial charge in [0.25, 0.3) is 0 Å². The molecule has 0 radical (unpaired) electrons. The second kappa shape index (κ2) is 6.26. The van der Waals surface area contributed by atoms with E-state index in [1.54, 1.807) is 12.1 Å². The van der Waals surface area contributed by atoms with Crippen molar-refractivity contribution in [2.24, 2.45) is 5.73 Å². The quantitative estimate of drug-likeness (QED) is 0.799. The minimum Gasteiger partial charge on any atom is -0.480 e. The lowest BCUT2D eigenvalue weighted by Gasteiger charge is -2.18. The summed E-state index contributed by atoms with van der Waals surface area (Å²) in [6.07, 6.45) is 0. The van der Waals surface area contributed by atoms with Crippen molar-refractivity contribution in [3.8, 4) is 0 Å². The van der Waals surface area contributed by atoms with E-state index in [2.05, 4.69) is 0 Å². The van der Waals surface area contributed by atoms with Crippen molar-refractivity contribution in [2.45, 2.75) is 0 Å². The fourth-order valence-corrected chi connectivity index (χ4v) is 1.74. The molecule has 0 saturated carbocycles. The lowest BCUT2D eigenvalue weighted by atomic mass is 10.4. The topological polar surface area (TPSA) is 83.6 Å². The van der Waals surface area contributed by atoms with Crippen LogP contribution in [-0.4, -0.2) is 30.1 Å². The van der Waals surface area contributed by atoms with E-state index in [9.17, 15) is 9.59 Å². The third kappa shape index (κ3) is 4.66. The molecule has 15 heavy (non-hydrogen) atoms. The predicted molar refractivity (Wildman–Crippen MR) is 60.6 cm³/mol. The Kier molecular flexibility index (Phi) is 5.73. The molecule has 1 amide bonds. The zero-order valence-corrected chi connectivity index (χ0v) is 9.38. The molecule has 0 aliphatic rings. The van der Waals surface area contributed by atoms with Gasteiger partial charge in [-0.05, 0) is 17.5 Å². The third-order valence-electron chi connectivity index (χ3n) is 1.49. The maximum absolute atomic E-state index is 10.7. The molecule has 0 saturated heterocycles. The molecule has 1 aromatic rings. The van der Waals surface area contributed by atoms with Crippen molar-refractivity contribution in [1.29, 1.82) is 0 Å². The molecule has 0 unspecified atom stereocenters. The summed E-state index contributed by atoms with van der Waals surface area (Å²) in [5, 5.41) is 11.1. The van der Waals surface area contributed by atoms with Gasteiger partial charge in [-0.2, -0.15) is 0 Å². The highest BCUT2D eigenvalue weighted by atomic mass is 35.5. The van der Waals surface area contributed by atoms with Crippen LogP contribution >= 0.6 is 23.7 Å². The molecule has 84 valence electrons. The van der Waals surface area contributed by atoms with E-state index in [-0.39, 0.29) is 25.5 Å². The first kappa shape index (κ1) is 13.7. The monoisotopic (exact) mass is 250 g/mol. The van der Waals surface area contributed by atoms with Gasteiger partial charge in [-0.25, -0.2) is 0 Å². The van der Waals surface area contributed by atoms with Crippen molar-refractivity contribution in [1.82, 2.24) is 0 Å². The molecule has 0 spiro atoms. The SMILES string of the molecule is Cl.NC(=O)CN(CC(=O)O)c1cccs1. The molecule has 0 aliphatic carbocycles. The van der Waals surface area contributed by atoms with Crippen LogP contribution in [0.1, 0.15) is 0 Å². The lowest BCUT2D eigenvalue weighted by Crippen LogP contribution is -2.36. The van der Waals surface area contributed by atoms with E-state index >= 15 is 0 Å². The lowest BCUT2D eigenvalue weighted by molar-refractivity contribution is -0.135. The Morgan fingerprint density at radius 1 is 1.47 bits per heavy atom. The zero-order chi connectivity index (χ0) is 10.6. The summed E-state index contributed by atoms with van der Waals surface area (Å²) in [4.78, 5) is 22.6. The first-order chi connectivity index (χ1) is 6.59. The predicted octanol–water partition coefficient (Wildman–Crippen LogP) is 0.546. The second-order valence-corrected chi connectivity index (χ2v) is 3.59. The van der Waals surface area contributed by atoms with Gasteiger partial charge in [0.15, 0.2) is 0 Å². The van der Waals surface area contributed by atoms with E-state index in [1.807, 2.05) is 5.38 Å². The first-order valence-corrected chi connectivity index (χ1v) is 4.76. The fraction of sp³-hybridized carbons (Fsp3) is 0.250. The minimum atomic E-state index is -0.986. The minimum absolute atomic E-state index is 0. The van der Waals surface area contributed by atoms with E-state index < -0.39 is 11.9 Å². The van der Waals surface area contributed by atoms with Gasteiger partial charge in [-0.15, -0.1) is 23.7 Å². The van der Waals surface area contributed by atoms with E-state index in [0.29, 0.717) is 0 Å². The molecule has 3 N–H and O–H groups in total. The molecule has 1 aromatic heterocycles. The van der Waals surface area contributed by atoms with E-state index in [4.69, 9.17) is 10.8 Å². The third-order valence-corrected chi connectivity index (χ3v) is 2.42. The number of thiophene rings is 1. The number of primary amides is 1. The standard InChI is InChI=1S/C8H10N2O3S.ClH/c9-6(11)4-10(5-8(12)13)7-2-1-3-14-7;/h1-3H,4-5H2,(H2,9,11)(H,12,13);1H. The molecule has 0 fully saturated rings. The van der Waals surface area contributed by atoms with Crippen LogP contribution in [0.25, 0.3) is 0 Å². The van der Waals surface area contributed by atoms with Crippen molar-refractivity contribution in [2.75, 3.05) is 18.0 Å². The summed E-state index contributed by atoms with van der Waals surface area (Å²) in [6.45, 7) is -0.295. The zero-order valence-electron chi connectivity index (χ0n) is 7.75. The van der Waals surface area contributed by atoms with Crippen molar-refractivity contribution in [3.63, 3.8) is 0 Å². The van der Waals surface area contributed by atoms with Crippen LogP contribution in [0.2, 0.25) is 0 Å². The average molecular weight is 251 g/mol. The van der Waals surface area contributed by atoms with Gasteiger partial charge < -0.3 is 15.7 Å². The Balaban J connectivity index is 0.00000196. The van der Waals surface area contributed by atoms with Crippen LogP contribution in [0.4, 0.5) is 5.00 Å². The number of aliphatic carboxylic acids is 1. The van der Waals surface area contributed by atoms with Crippen LogP contribution < -0.4 is 10.6 Å². The number of amides is 1. The molecule has 0 bridgehead atoms. The summed E-state index contributed by atoms with van der Waals surface area (Å²) >= 11 is 1.37. The first-order valence-electron chi connectivity index (χ1n) is 3.88. The van der Waals surface area contributed by atoms with Crippen molar-refractivity contribution < 1.29 is 14.7 Å². The largest absolute Gasteiger partial charge is 0.480 e. The number of nitrogens with zero attached hydrogens (tertiary/aromatic N) is 1. The maximum Gasteiger partial charge on any atom is 0.323 e. The molecule has 0 aromatic carbocycles. The van der Waals surface area contributed by atoms with Crippen LogP contribution in [0.15, 0.2) is 17.5 Å². The summed E-state index contributed by atoms with van der Waals surface area (Å²) in [5.41, 5.74) is 5.01. The summed E-state index contributed by atoms with van der Waals surface area (Å²) < 4.78 is 0. The van der Waals surface area contributed by atoms with Gasteiger partial charge in [0.2, 0.25) is 5.91 Å². The van der Waals surface area contributed by atoms with Gasteiger partial charge in [-0.3, -0.25) is 9.59 Å². The van der Waals surface area contributed by atoms with Gasteiger partial charge in [-0.1, -0.05) is 0 Å². The van der Waals surface area contributed by atoms with Crippen molar-refractivity contribution >= 4 is 40.6 Å². The summed E-state index contributed by atoms with van der Waals surface area (Å²) in [6, 6.07) is 3.53. The normalized spacial score (nSPS) is 9.07. The Morgan fingerprint density at radius 2 is 2.13 bits per heavy atom. The summed E-state index contributed by atoms with van der Waals surface area (Å²) in [5.74, 6) is -1.53. The van der Waals surface area contributed by atoms with Gasteiger partial charge in [0.05, 0.1) is 11.5 Å². The number of hydrogen-bond acceptors (Lipinski definition) is 4. The average Bonchev–Trinajstić information content (AvgIpc) is 2.52. The molecular formula is C8H11ClN2O3S. The number of carbonyl (C=O) groups excluding carboxylic acids is 1. The van der Waals surface area contributed by atoms with Crippen LogP contribution in [0.3, 0.4) is 0 Å². The number of carbonyl (C=O) groups is 2. The Labute approximate surface area is 96.9 Å². The molecule has 7 heteroatoms. The highest BCUT2D eigenvalue weighted by Crippen LogP contribution is 2.20. The number of nitrogens with two attached hydrogens (primary N) is 1. The van der Waals surface area contributed by atoms with Crippen LogP contribution in [0, 0.1) is 0 Å². The second-order valence-electron chi connectivity index (χ2n) is 2.67. The number of hydrogen-bond donors (Lipinski definition) is 2. The number of rotatable bonds is 5. The molecule has 0 atom stereocenters. The molecular weight excluding hydrogens is 240 g/mol. The van der Waals surface area contributed by atoms with Gasteiger partial charge >= 0.3 is 5.97 Å². The van der Waals surface area contributed by atoms with Crippen molar-refractivity contribution in [3.05, 3.63) is 17.5 Å². The molecule has 0 aliphatic heterocycles. The molecule has 1 heterocycles. The number of anilines is 1.